The van der Waals surface area contributed by atoms with Crippen molar-refractivity contribution in [2.24, 2.45) is 17.8 Å². The molecule has 2 rings (SSSR count). The molecule has 130 valence electrons. The number of aliphatic hydroxyl groups excluding tert-OH is 1. The van der Waals surface area contributed by atoms with Crippen molar-refractivity contribution in [3.8, 4) is 0 Å². The Morgan fingerprint density at radius 2 is 1.82 bits per heavy atom. The van der Waals surface area contributed by atoms with E-state index in [4.69, 9.17) is 4.74 Å². The van der Waals surface area contributed by atoms with Gasteiger partial charge in [0.25, 0.3) is 0 Å². The van der Waals surface area contributed by atoms with Gasteiger partial charge in [-0.15, -0.1) is 0 Å². The van der Waals surface area contributed by atoms with Crippen LogP contribution in [0.5, 0.6) is 0 Å². The van der Waals surface area contributed by atoms with Crippen LogP contribution in [0.4, 0.5) is 0 Å². The lowest BCUT2D eigenvalue weighted by Crippen LogP contribution is -2.53. The first-order valence-electron chi connectivity index (χ1n) is 9.53. The SMILES string of the molecule is CC(C)[C@H]1CC[C@@H](C)C[C@H]1OC[C@H](O)C[N+]1(C)CCCCC1. The number of aliphatic hydroxyl groups is 1. The topological polar surface area (TPSA) is 29.5 Å². The summed E-state index contributed by atoms with van der Waals surface area (Å²) in [5.74, 6) is 2.12. The summed E-state index contributed by atoms with van der Waals surface area (Å²) >= 11 is 0. The summed E-state index contributed by atoms with van der Waals surface area (Å²) < 4.78 is 7.24. The largest absolute Gasteiger partial charge is 0.385 e. The standard InChI is InChI=1S/C19H38NO2/c1-15(2)18-9-8-16(3)12-19(18)22-14-17(21)13-20(4)10-6-5-7-11-20/h15-19,21H,5-14H2,1-4H3/q+1/t16-,17-,18-,19-/m1/s1. The Morgan fingerprint density at radius 1 is 1.14 bits per heavy atom. The summed E-state index contributed by atoms with van der Waals surface area (Å²) in [5.41, 5.74) is 0. The van der Waals surface area contributed by atoms with Crippen LogP contribution in [0.15, 0.2) is 0 Å². The van der Waals surface area contributed by atoms with Crippen LogP contribution in [0.2, 0.25) is 0 Å². The van der Waals surface area contributed by atoms with Gasteiger partial charge in [0.15, 0.2) is 0 Å². The van der Waals surface area contributed by atoms with E-state index >= 15 is 0 Å². The first-order valence-corrected chi connectivity index (χ1v) is 9.53. The molecule has 1 saturated carbocycles. The third-order valence-corrected chi connectivity index (χ3v) is 6.01. The lowest BCUT2D eigenvalue weighted by molar-refractivity contribution is -0.916. The molecule has 1 saturated heterocycles. The molecule has 0 amide bonds. The summed E-state index contributed by atoms with van der Waals surface area (Å²) in [5, 5.41) is 10.4. The van der Waals surface area contributed by atoms with E-state index in [2.05, 4.69) is 27.8 Å². The van der Waals surface area contributed by atoms with Crippen LogP contribution in [0, 0.1) is 17.8 Å². The van der Waals surface area contributed by atoms with Gasteiger partial charge >= 0.3 is 0 Å². The molecule has 0 aromatic heterocycles. The lowest BCUT2D eigenvalue weighted by atomic mass is 9.75. The van der Waals surface area contributed by atoms with Gasteiger partial charge in [0.2, 0.25) is 0 Å². The van der Waals surface area contributed by atoms with Gasteiger partial charge in [0.1, 0.15) is 12.6 Å². The van der Waals surface area contributed by atoms with Crippen LogP contribution >= 0.6 is 0 Å². The van der Waals surface area contributed by atoms with Crippen LogP contribution < -0.4 is 0 Å². The van der Waals surface area contributed by atoms with Gasteiger partial charge in [-0.2, -0.15) is 0 Å². The van der Waals surface area contributed by atoms with E-state index in [9.17, 15) is 5.11 Å². The summed E-state index contributed by atoms with van der Waals surface area (Å²) in [7, 11) is 2.29. The monoisotopic (exact) mass is 312 g/mol. The molecule has 0 spiro atoms. The summed E-state index contributed by atoms with van der Waals surface area (Å²) in [6.45, 7) is 10.8. The zero-order valence-corrected chi connectivity index (χ0v) is 15.3. The average Bonchev–Trinajstić information content (AvgIpc) is 2.45. The molecule has 2 fully saturated rings. The quantitative estimate of drug-likeness (QED) is 0.761. The Hall–Kier alpha value is -0.120. The number of nitrogens with zero attached hydrogens (tertiary/aromatic N) is 1. The van der Waals surface area contributed by atoms with Crippen molar-refractivity contribution < 1.29 is 14.3 Å². The maximum absolute atomic E-state index is 10.4. The second kappa shape index (κ2) is 8.12. The van der Waals surface area contributed by atoms with E-state index in [1.807, 2.05) is 0 Å². The Balaban J connectivity index is 1.79. The summed E-state index contributed by atoms with van der Waals surface area (Å²) in [6, 6.07) is 0. The van der Waals surface area contributed by atoms with Crippen molar-refractivity contribution in [2.45, 2.75) is 71.5 Å². The van der Waals surface area contributed by atoms with E-state index in [1.54, 1.807) is 0 Å². The number of likely N-dealkylation sites (N-methyl/N-ethyl adjacent to an activating group) is 1. The zero-order valence-electron chi connectivity index (χ0n) is 15.3. The number of piperidine rings is 1. The van der Waals surface area contributed by atoms with Crippen LogP contribution in [-0.4, -0.2) is 55.1 Å². The Kier molecular flexibility index (Phi) is 6.73. The number of rotatable bonds is 6. The zero-order chi connectivity index (χ0) is 16.2. The van der Waals surface area contributed by atoms with Gasteiger partial charge in [0, 0.05) is 0 Å². The molecule has 3 heteroatoms. The van der Waals surface area contributed by atoms with Gasteiger partial charge in [-0.1, -0.05) is 27.2 Å². The maximum atomic E-state index is 10.4. The van der Waals surface area contributed by atoms with Crippen molar-refractivity contribution in [1.82, 2.24) is 0 Å². The van der Waals surface area contributed by atoms with E-state index in [0.29, 0.717) is 24.5 Å². The molecule has 3 nitrogen and oxygen atoms in total. The number of likely N-dealkylation sites (tertiary alicyclic amines) is 1. The van der Waals surface area contributed by atoms with E-state index < -0.39 is 0 Å². The van der Waals surface area contributed by atoms with Crippen molar-refractivity contribution in [2.75, 3.05) is 33.3 Å². The predicted octanol–water partition coefficient (Wildman–Crippen LogP) is 3.46. The van der Waals surface area contributed by atoms with E-state index in [-0.39, 0.29) is 6.10 Å². The molecule has 1 heterocycles. The van der Waals surface area contributed by atoms with Gasteiger partial charge in [-0.3, -0.25) is 0 Å². The molecule has 0 aromatic rings. The van der Waals surface area contributed by atoms with E-state index in [0.717, 1.165) is 16.9 Å². The number of hydrogen-bond donors (Lipinski definition) is 1. The molecule has 1 aliphatic carbocycles. The van der Waals surface area contributed by atoms with Gasteiger partial charge in [0.05, 0.1) is 32.8 Å². The molecule has 0 radical (unpaired) electrons. The van der Waals surface area contributed by atoms with Crippen LogP contribution in [0.3, 0.4) is 0 Å². The predicted molar refractivity (Wildman–Crippen MR) is 91.7 cm³/mol. The highest BCUT2D eigenvalue weighted by Crippen LogP contribution is 2.35. The molecule has 0 bridgehead atoms. The Morgan fingerprint density at radius 3 is 2.45 bits per heavy atom. The lowest BCUT2D eigenvalue weighted by Gasteiger charge is -2.40. The van der Waals surface area contributed by atoms with Crippen molar-refractivity contribution >= 4 is 0 Å². The fraction of sp³-hybridized carbons (Fsp3) is 1.00. The maximum Gasteiger partial charge on any atom is 0.126 e. The van der Waals surface area contributed by atoms with Crippen molar-refractivity contribution in [1.29, 1.82) is 0 Å². The molecule has 0 aromatic carbocycles. The normalized spacial score (nSPS) is 33.8. The molecule has 2 aliphatic rings. The van der Waals surface area contributed by atoms with Crippen molar-refractivity contribution in [3.63, 3.8) is 0 Å². The summed E-state index contributed by atoms with van der Waals surface area (Å²) in [6.07, 6.45) is 7.79. The average molecular weight is 313 g/mol. The fourth-order valence-electron chi connectivity index (χ4n) is 4.56. The first kappa shape index (κ1) is 18.2. The molecule has 1 aliphatic heterocycles. The highest BCUT2D eigenvalue weighted by molar-refractivity contribution is 4.81. The second-order valence-electron chi connectivity index (χ2n) is 8.66. The Bertz CT molecular complexity index is 325. The molecule has 22 heavy (non-hydrogen) atoms. The third-order valence-electron chi connectivity index (χ3n) is 6.01. The van der Waals surface area contributed by atoms with Crippen LogP contribution in [0.1, 0.15) is 59.3 Å². The number of hydrogen-bond acceptors (Lipinski definition) is 2. The molecular formula is C19H38NO2+. The van der Waals surface area contributed by atoms with Crippen molar-refractivity contribution in [3.05, 3.63) is 0 Å². The molecule has 1 N–H and O–H groups in total. The minimum atomic E-state index is -0.312. The fourth-order valence-corrected chi connectivity index (χ4v) is 4.56. The minimum absolute atomic E-state index is 0.312. The third kappa shape index (κ3) is 5.21. The summed E-state index contributed by atoms with van der Waals surface area (Å²) in [4.78, 5) is 0. The number of ether oxygens (including phenoxy) is 1. The van der Waals surface area contributed by atoms with Crippen LogP contribution in [0.25, 0.3) is 0 Å². The molecule has 4 atom stereocenters. The van der Waals surface area contributed by atoms with Gasteiger partial charge < -0.3 is 14.3 Å². The smallest absolute Gasteiger partial charge is 0.126 e. The second-order valence-corrected chi connectivity index (χ2v) is 8.66. The highest BCUT2D eigenvalue weighted by Gasteiger charge is 2.33. The number of quaternary nitrogens is 1. The first-order chi connectivity index (χ1) is 10.4. The van der Waals surface area contributed by atoms with Gasteiger partial charge in [-0.25, -0.2) is 0 Å². The molecule has 0 unspecified atom stereocenters. The highest BCUT2D eigenvalue weighted by atomic mass is 16.5. The Labute approximate surface area is 137 Å². The van der Waals surface area contributed by atoms with E-state index in [1.165, 1.54) is 51.6 Å². The van der Waals surface area contributed by atoms with Gasteiger partial charge in [-0.05, 0) is 49.9 Å². The molecular weight excluding hydrogens is 274 g/mol. The van der Waals surface area contributed by atoms with Crippen LogP contribution in [-0.2, 0) is 4.74 Å². The minimum Gasteiger partial charge on any atom is -0.385 e.